The summed E-state index contributed by atoms with van der Waals surface area (Å²) in [5, 5.41) is 0. The quantitative estimate of drug-likeness (QED) is 0.0335. The van der Waals surface area contributed by atoms with Gasteiger partial charge in [-0.1, -0.05) is 547 Å². The molecule has 0 fully saturated rings. The summed E-state index contributed by atoms with van der Waals surface area (Å²) in [4.78, 5) is 0. The molecule has 0 radical (unpaired) electrons. The zero-order valence-electron chi connectivity index (χ0n) is 81.4. The molecule has 3 aliphatic rings. The lowest BCUT2D eigenvalue weighted by atomic mass is 9.63. The number of hydrogen-bond donors (Lipinski definition) is 0. The van der Waals surface area contributed by atoms with E-state index < -0.39 is 10.8 Å². The van der Waals surface area contributed by atoms with E-state index in [1.54, 1.807) is 50.1 Å². The van der Waals surface area contributed by atoms with Crippen LogP contribution in [0.2, 0.25) is 0 Å². The molecule has 0 aliphatic heterocycles. The van der Waals surface area contributed by atoms with E-state index >= 15 is 0 Å². The van der Waals surface area contributed by atoms with E-state index in [1.165, 1.54) is 279 Å². The molecule has 0 amide bonds. The monoisotopic (exact) mass is 1760 g/mol. The van der Waals surface area contributed by atoms with E-state index in [0.29, 0.717) is 0 Å². The number of rotatable bonds is 42. The largest absolute Gasteiger partial charge is 0.0654 e. The fourth-order valence-electron chi connectivity index (χ4n) is 25.2. The Morgan fingerprint density at radius 3 is 0.489 bits per heavy atom. The molecule has 0 saturated heterocycles. The second kappa shape index (κ2) is 42.6. The van der Waals surface area contributed by atoms with Gasteiger partial charge in [0.2, 0.25) is 0 Å². The zero-order chi connectivity index (χ0) is 91.9. The van der Waals surface area contributed by atoms with Crippen LogP contribution in [0.4, 0.5) is 0 Å². The molecule has 0 N–H and O–H groups in total. The maximum atomic E-state index is 2.92. The second-order valence-corrected chi connectivity index (χ2v) is 39.6. The van der Waals surface area contributed by atoms with Crippen molar-refractivity contribution in [1.29, 1.82) is 0 Å². The van der Waals surface area contributed by atoms with Gasteiger partial charge in [-0.25, -0.2) is 0 Å². The molecule has 0 spiro atoms. The van der Waals surface area contributed by atoms with Gasteiger partial charge < -0.3 is 0 Å². The summed E-state index contributed by atoms with van der Waals surface area (Å²) in [6, 6.07) is 143. The Kier molecular flexibility index (Phi) is 28.9. The third-order valence-electron chi connectivity index (χ3n) is 31.2. The minimum absolute atomic E-state index is 0.264. The minimum Gasteiger partial charge on any atom is -0.0654 e. The summed E-state index contributed by atoms with van der Waals surface area (Å²) < 4.78 is 0. The Labute approximate surface area is 809 Å². The Bertz CT molecular complexity index is 6150. The van der Waals surface area contributed by atoms with Crippen LogP contribution in [0.25, 0.3) is 167 Å². The van der Waals surface area contributed by atoms with Crippen LogP contribution in [0.5, 0.6) is 0 Å². The van der Waals surface area contributed by atoms with Crippen LogP contribution in [0.1, 0.15) is 268 Å². The van der Waals surface area contributed by atoms with E-state index in [2.05, 4.69) is 406 Å². The summed E-state index contributed by atoms with van der Waals surface area (Å²) >= 11 is 0. The molecule has 0 unspecified atom stereocenters. The Morgan fingerprint density at radius 1 is 0.133 bits per heavy atom. The maximum absolute atomic E-state index is 2.92. The molecule has 0 aromatic heterocycles. The first-order valence-electron chi connectivity index (χ1n) is 52.5. The summed E-state index contributed by atoms with van der Waals surface area (Å²) in [6.45, 7) is 14.6. The lowest BCUT2D eigenvalue weighted by Crippen LogP contribution is -2.31. The van der Waals surface area contributed by atoms with Crippen molar-refractivity contribution < 1.29 is 0 Å². The molecule has 0 heterocycles. The van der Waals surface area contributed by atoms with Crippen LogP contribution in [0.15, 0.2) is 364 Å². The molecular formula is C135H138. The van der Waals surface area contributed by atoms with Gasteiger partial charge in [0.15, 0.2) is 0 Å². The Hall–Kier alpha value is -12.5. The molecule has 0 saturated carbocycles. The second-order valence-electron chi connectivity index (χ2n) is 39.6. The molecule has 16 aromatic rings. The summed E-state index contributed by atoms with van der Waals surface area (Å²) in [6.07, 6.45) is 35.3. The van der Waals surface area contributed by atoms with Gasteiger partial charge in [-0.05, 0) is 251 Å². The van der Waals surface area contributed by atoms with Crippen LogP contribution in [0.3, 0.4) is 0 Å². The van der Waals surface area contributed by atoms with Crippen molar-refractivity contribution in [2.24, 2.45) is 0 Å². The molecule has 678 valence electrons. The fraction of sp³-hybridized carbons (Fsp3) is 0.289. The van der Waals surface area contributed by atoms with Crippen molar-refractivity contribution in [2.75, 3.05) is 0 Å². The number of unbranched alkanes of at least 4 members (excludes halogenated alkanes) is 18. The van der Waals surface area contributed by atoms with Crippen molar-refractivity contribution in [1.82, 2.24) is 0 Å². The lowest BCUT2D eigenvalue weighted by molar-refractivity contribution is 0.389. The van der Waals surface area contributed by atoms with Crippen LogP contribution in [-0.4, -0.2) is 0 Å². The SMILES string of the molecule is CCCCCCC1(CCCCCC)c2ccccc2-c2c1c1c(c3c2C(CCCCCC)(CCCCCC)c2cc(-c4c(-c5ccccc5)c(-c5ccccc5)c(-c5ccccc5)c(-c5ccccc5)c4-c4ccccc4)ccc2-3)C(CCCCCC)(CCCCCC)c2cc(-c3c(-c4ccccc4)c(-c4ccccc4)c(-c4ccccc4)c(-c4ccccc4)c3-c3ccccc3)ccc2-1. The predicted molar refractivity (Wildman–Crippen MR) is 583 cm³/mol. The number of hydrogen-bond acceptors (Lipinski definition) is 0. The Morgan fingerprint density at radius 2 is 0.296 bits per heavy atom. The number of benzene rings is 16. The van der Waals surface area contributed by atoms with Crippen molar-refractivity contribution in [3.8, 4) is 167 Å². The molecule has 0 atom stereocenters. The van der Waals surface area contributed by atoms with E-state index in [-0.39, 0.29) is 5.41 Å². The molecule has 0 bridgehead atoms. The van der Waals surface area contributed by atoms with Crippen molar-refractivity contribution >= 4 is 0 Å². The fourth-order valence-corrected chi connectivity index (χ4v) is 25.2. The van der Waals surface area contributed by atoms with Gasteiger partial charge in [0, 0.05) is 16.2 Å². The topological polar surface area (TPSA) is 0 Å². The van der Waals surface area contributed by atoms with Gasteiger partial charge in [-0.2, -0.15) is 0 Å². The van der Waals surface area contributed by atoms with E-state index in [4.69, 9.17) is 0 Å². The highest BCUT2D eigenvalue weighted by atomic mass is 14.6. The first-order valence-corrected chi connectivity index (χ1v) is 52.5. The normalized spacial score (nSPS) is 13.3. The average molecular weight is 1760 g/mol. The van der Waals surface area contributed by atoms with Crippen LogP contribution in [0, 0.1) is 0 Å². The average Bonchev–Trinajstić information content (AvgIpc) is 1.48. The standard InChI is InChI=1S/C135H138/c1-7-13-19-57-89-133(90-58-20-14-8-2)112-84-56-55-83-109(112)127-130(133)128-110-87-85-107(125-121(103-75-47-31-48-76-103)117(99-67-39-27-40-68-99)115(97-63-35-25-36-64-97)118(100-69-41-28-42-70-100)122(125)104-77-49-32-50-78-104)95-113(110)135(93-61-23-17-11-5,94-62-24-18-12-6)132(128)129-111-88-86-108(96-114(111)134(131(127)129,91-59-21-15-9-3)92-60-22-16-10-4)126-123(105-79-51-33-52-80-105)119(101-71-43-29-44-72-101)116(98-65-37-26-38-66-98)120(102-73-45-30-46-74-102)124(126)106-81-53-34-54-82-106/h25-56,63-88,95-96H,7-24,57-62,89-94H2,1-6H3. The maximum Gasteiger partial charge on any atom is 0.0221 e. The van der Waals surface area contributed by atoms with Gasteiger partial charge in [0.05, 0.1) is 0 Å². The molecule has 19 rings (SSSR count). The summed E-state index contributed by atoms with van der Waals surface area (Å²) in [7, 11) is 0. The molecule has 16 aromatic carbocycles. The van der Waals surface area contributed by atoms with Crippen LogP contribution < -0.4 is 0 Å². The van der Waals surface area contributed by atoms with Crippen molar-refractivity contribution in [3.05, 3.63) is 397 Å². The van der Waals surface area contributed by atoms with Gasteiger partial charge in [0.25, 0.3) is 0 Å². The molecule has 0 heteroatoms. The van der Waals surface area contributed by atoms with Gasteiger partial charge in [0.1, 0.15) is 0 Å². The lowest BCUT2D eigenvalue weighted by Gasteiger charge is -2.40. The Balaban J connectivity index is 1.02. The highest BCUT2D eigenvalue weighted by Crippen LogP contribution is 2.73. The third-order valence-corrected chi connectivity index (χ3v) is 31.2. The molecular weight excluding hydrogens is 1620 g/mol. The zero-order valence-corrected chi connectivity index (χ0v) is 81.4. The molecule has 135 heavy (non-hydrogen) atoms. The minimum atomic E-state index is -0.416. The van der Waals surface area contributed by atoms with E-state index in [9.17, 15) is 0 Å². The van der Waals surface area contributed by atoms with Crippen LogP contribution in [-0.2, 0) is 16.2 Å². The third kappa shape index (κ3) is 17.5. The summed E-state index contributed by atoms with van der Waals surface area (Å²) in [5.74, 6) is 0. The molecule has 0 nitrogen and oxygen atoms in total. The van der Waals surface area contributed by atoms with Crippen LogP contribution >= 0.6 is 0 Å². The van der Waals surface area contributed by atoms with Crippen molar-refractivity contribution in [2.45, 2.75) is 250 Å². The van der Waals surface area contributed by atoms with E-state index in [0.717, 1.165) is 64.2 Å². The van der Waals surface area contributed by atoms with Gasteiger partial charge in [-0.3, -0.25) is 0 Å². The number of fused-ring (bicyclic) bond motifs is 12. The highest BCUT2D eigenvalue weighted by molar-refractivity contribution is 6.18. The highest BCUT2D eigenvalue weighted by Gasteiger charge is 2.58. The van der Waals surface area contributed by atoms with E-state index in [1.807, 2.05) is 0 Å². The van der Waals surface area contributed by atoms with Crippen molar-refractivity contribution in [3.63, 3.8) is 0 Å². The predicted octanol–water partition coefficient (Wildman–Crippen LogP) is 40.3. The first kappa shape index (κ1) is 91.6. The van der Waals surface area contributed by atoms with Gasteiger partial charge >= 0.3 is 0 Å². The van der Waals surface area contributed by atoms with Gasteiger partial charge in [-0.15, -0.1) is 0 Å². The first-order chi connectivity index (χ1) is 66.8. The molecule has 3 aliphatic carbocycles. The smallest absolute Gasteiger partial charge is 0.0221 e. The summed E-state index contributed by atoms with van der Waals surface area (Å²) in [5.41, 5.74) is 48.0.